The van der Waals surface area contributed by atoms with Crippen LogP contribution in [0.5, 0.6) is 5.75 Å². The molecular formula is C17H17BrO2. The number of rotatable bonds is 5. The van der Waals surface area contributed by atoms with Crippen molar-refractivity contribution in [2.24, 2.45) is 0 Å². The molecule has 0 aliphatic rings. The summed E-state index contributed by atoms with van der Waals surface area (Å²) in [6, 6.07) is 13.7. The number of benzene rings is 2. The largest absolute Gasteiger partial charge is 0.497 e. The van der Waals surface area contributed by atoms with Gasteiger partial charge in [-0.05, 0) is 41.8 Å². The van der Waals surface area contributed by atoms with Gasteiger partial charge in [0.15, 0.2) is 0 Å². The van der Waals surface area contributed by atoms with Gasteiger partial charge in [0.2, 0.25) is 0 Å². The molecule has 2 nitrogen and oxygen atoms in total. The van der Waals surface area contributed by atoms with Gasteiger partial charge in [0.1, 0.15) is 11.5 Å². The number of hydrogen-bond acceptors (Lipinski definition) is 2. The molecule has 2 aromatic carbocycles. The molecule has 0 unspecified atom stereocenters. The van der Waals surface area contributed by atoms with Crippen molar-refractivity contribution >= 4 is 21.7 Å². The molecule has 0 bridgehead atoms. The van der Waals surface area contributed by atoms with Gasteiger partial charge in [0.25, 0.3) is 0 Å². The fraction of sp³-hybridized carbons (Fsp3) is 0.235. The van der Waals surface area contributed by atoms with E-state index in [0.29, 0.717) is 12.8 Å². The minimum absolute atomic E-state index is 0.202. The number of ketones is 1. The zero-order valence-corrected chi connectivity index (χ0v) is 13.2. The number of hydrogen-bond donors (Lipinski definition) is 0. The van der Waals surface area contributed by atoms with Gasteiger partial charge >= 0.3 is 0 Å². The van der Waals surface area contributed by atoms with E-state index in [1.54, 1.807) is 7.11 Å². The highest BCUT2D eigenvalue weighted by Gasteiger charge is 2.10. The molecule has 0 aromatic heterocycles. The molecule has 104 valence electrons. The lowest BCUT2D eigenvalue weighted by Gasteiger charge is -2.08. The Balaban J connectivity index is 2.10. The van der Waals surface area contributed by atoms with Gasteiger partial charge < -0.3 is 4.74 Å². The van der Waals surface area contributed by atoms with Gasteiger partial charge in [-0.1, -0.05) is 40.2 Å². The van der Waals surface area contributed by atoms with Crippen LogP contribution < -0.4 is 4.74 Å². The molecule has 0 atom stereocenters. The van der Waals surface area contributed by atoms with Crippen LogP contribution in [0, 0.1) is 6.92 Å². The first kappa shape index (κ1) is 14.8. The maximum atomic E-state index is 12.2. The molecule has 0 amide bonds. The quantitative estimate of drug-likeness (QED) is 0.823. The lowest BCUT2D eigenvalue weighted by molar-refractivity contribution is -0.117. The Labute approximate surface area is 127 Å². The number of Topliss-reactive ketones (excluding diaryl/α,β-unsaturated/α-hetero) is 1. The van der Waals surface area contributed by atoms with Crippen LogP contribution in [-0.2, 0) is 17.6 Å². The standard InChI is InChI=1S/C17H17BrO2/c1-12-5-3-4-6-13(12)9-15(19)10-14-11-16(20-2)7-8-17(14)18/h3-8,11H,9-10H2,1-2H3. The predicted octanol–water partition coefficient (Wildman–Crippen LogP) is 4.12. The number of ether oxygens (including phenoxy) is 1. The number of carbonyl (C=O) groups excluding carboxylic acids is 1. The highest BCUT2D eigenvalue weighted by Crippen LogP contribution is 2.23. The molecule has 0 saturated heterocycles. The summed E-state index contributed by atoms with van der Waals surface area (Å²) < 4.78 is 6.14. The molecule has 0 heterocycles. The second kappa shape index (κ2) is 6.71. The highest BCUT2D eigenvalue weighted by molar-refractivity contribution is 9.10. The van der Waals surface area contributed by atoms with Crippen LogP contribution in [0.25, 0.3) is 0 Å². The van der Waals surface area contributed by atoms with E-state index in [2.05, 4.69) is 15.9 Å². The van der Waals surface area contributed by atoms with E-state index in [0.717, 1.165) is 26.9 Å². The Hall–Kier alpha value is -1.61. The van der Waals surface area contributed by atoms with Gasteiger partial charge in [-0.25, -0.2) is 0 Å². The second-order valence-corrected chi connectivity index (χ2v) is 5.63. The smallest absolute Gasteiger partial charge is 0.141 e. The van der Waals surface area contributed by atoms with Gasteiger partial charge in [-0.15, -0.1) is 0 Å². The summed E-state index contributed by atoms with van der Waals surface area (Å²) in [5.41, 5.74) is 3.21. The summed E-state index contributed by atoms with van der Waals surface area (Å²) in [4.78, 5) is 12.2. The van der Waals surface area contributed by atoms with E-state index in [-0.39, 0.29) is 5.78 Å². The highest BCUT2D eigenvalue weighted by atomic mass is 79.9. The molecule has 0 saturated carbocycles. The number of halogens is 1. The van der Waals surface area contributed by atoms with E-state index in [9.17, 15) is 4.79 Å². The molecule has 0 aliphatic heterocycles. The van der Waals surface area contributed by atoms with E-state index >= 15 is 0 Å². The van der Waals surface area contributed by atoms with Crippen molar-refractivity contribution in [1.82, 2.24) is 0 Å². The maximum Gasteiger partial charge on any atom is 0.141 e. The normalized spacial score (nSPS) is 10.3. The molecule has 0 radical (unpaired) electrons. The molecule has 0 fully saturated rings. The lowest BCUT2D eigenvalue weighted by Crippen LogP contribution is -2.08. The van der Waals surface area contributed by atoms with Gasteiger partial charge in [0, 0.05) is 17.3 Å². The van der Waals surface area contributed by atoms with Crippen molar-refractivity contribution in [3.8, 4) is 5.75 Å². The SMILES string of the molecule is COc1ccc(Br)c(CC(=O)Cc2ccccc2C)c1. The van der Waals surface area contributed by atoms with Crippen LogP contribution in [0.4, 0.5) is 0 Å². The van der Waals surface area contributed by atoms with E-state index < -0.39 is 0 Å². The summed E-state index contributed by atoms with van der Waals surface area (Å²) in [6.07, 6.45) is 0.877. The third-order valence-corrected chi connectivity index (χ3v) is 4.06. The van der Waals surface area contributed by atoms with Crippen LogP contribution in [0.15, 0.2) is 46.9 Å². The predicted molar refractivity (Wildman–Crippen MR) is 84.3 cm³/mol. The molecule has 3 heteroatoms. The number of methoxy groups -OCH3 is 1. The molecule has 0 N–H and O–H groups in total. The lowest BCUT2D eigenvalue weighted by atomic mass is 9.99. The molecular weight excluding hydrogens is 316 g/mol. The Morgan fingerprint density at radius 2 is 1.80 bits per heavy atom. The van der Waals surface area contributed by atoms with Crippen LogP contribution in [0.2, 0.25) is 0 Å². The van der Waals surface area contributed by atoms with Crippen molar-refractivity contribution in [3.05, 3.63) is 63.6 Å². The monoisotopic (exact) mass is 332 g/mol. The second-order valence-electron chi connectivity index (χ2n) is 4.78. The third kappa shape index (κ3) is 3.70. The summed E-state index contributed by atoms with van der Waals surface area (Å²) in [5, 5.41) is 0. The molecule has 0 spiro atoms. The summed E-state index contributed by atoms with van der Waals surface area (Å²) >= 11 is 3.48. The molecule has 0 aliphatic carbocycles. The Morgan fingerprint density at radius 3 is 2.50 bits per heavy atom. The topological polar surface area (TPSA) is 26.3 Å². The van der Waals surface area contributed by atoms with E-state index in [4.69, 9.17) is 4.74 Å². The zero-order chi connectivity index (χ0) is 14.5. The Morgan fingerprint density at radius 1 is 1.10 bits per heavy atom. The average Bonchev–Trinajstić information content (AvgIpc) is 2.44. The van der Waals surface area contributed by atoms with Crippen molar-refractivity contribution < 1.29 is 9.53 Å². The van der Waals surface area contributed by atoms with Crippen molar-refractivity contribution in [2.45, 2.75) is 19.8 Å². The zero-order valence-electron chi connectivity index (χ0n) is 11.7. The van der Waals surface area contributed by atoms with Crippen LogP contribution in [0.1, 0.15) is 16.7 Å². The minimum atomic E-state index is 0.202. The average molecular weight is 333 g/mol. The molecule has 20 heavy (non-hydrogen) atoms. The fourth-order valence-corrected chi connectivity index (χ4v) is 2.50. The Bertz CT molecular complexity index is 620. The first-order valence-electron chi connectivity index (χ1n) is 6.49. The van der Waals surface area contributed by atoms with Crippen molar-refractivity contribution in [1.29, 1.82) is 0 Å². The van der Waals surface area contributed by atoms with Gasteiger partial charge in [-0.3, -0.25) is 4.79 Å². The first-order valence-corrected chi connectivity index (χ1v) is 7.28. The fourth-order valence-electron chi connectivity index (χ4n) is 2.11. The van der Waals surface area contributed by atoms with Gasteiger partial charge in [-0.2, -0.15) is 0 Å². The molecule has 2 rings (SSSR count). The summed E-state index contributed by atoms with van der Waals surface area (Å²) in [5.74, 6) is 0.972. The van der Waals surface area contributed by atoms with Crippen LogP contribution in [0.3, 0.4) is 0 Å². The van der Waals surface area contributed by atoms with Crippen molar-refractivity contribution in [2.75, 3.05) is 7.11 Å². The van der Waals surface area contributed by atoms with Crippen LogP contribution in [-0.4, -0.2) is 12.9 Å². The van der Waals surface area contributed by atoms with Gasteiger partial charge in [0.05, 0.1) is 7.11 Å². The van der Waals surface area contributed by atoms with Crippen LogP contribution >= 0.6 is 15.9 Å². The maximum absolute atomic E-state index is 12.2. The summed E-state index contributed by atoms with van der Waals surface area (Å²) in [7, 11) is 1.63. The summed E-state index contributed by atoms with van der Waals surface area (Å²) in [6.45, 7) is 2.03. The van der Waals surface area contributed by atoms with E-state index in [1.807, 2.05) is 49.4 Å². The number of carbonyl (C=O) groups is 1. The third-order valence-electron chi connectivity index (χ3n) is 3.29. The first-order chi connectivity index (χ1) is 9.60. The number of aryl methyl sites for hydroxylation is 1. The minimum Gasteiger partial charge on any atom is -0.497 e. The Kier molecular flexibility index (Phi) is 4.96. The van der Waals surface area contributed by atoms with E-state index in [1.165, 1.54) is 0 Å². The molecule has 2 aromatic rings. The van der Waals surface area contributed by atoms with Crippen molar-refractivity contribution in [3.63, 3.8) is 0 Å².